The van der Waals surface area contributed by atoms with Crippen molar-refractivity contribution in [2.45, 2.75) is 32.3 Å². The number of urea groups is 1. The molecule has 5 nitrogen and oxygen atoms in total. The fraction of sp³-hybridized carbons (Fsp3) is 0.611. The molecule has 1 N–H and O–H groups in total. The zero-order valence-electron chi connectivity index (χ0n) is 15.1. The van der Waals surface area contributed by atoms with Crippen LogP contribution in [0.25, 0.3) is 0 Å². The Kier molecular flexibility index (Phi) is 5.62. The van der Waals surface area contributed by atoms with Gasteiger partial charge >= 0.3 is 12.1 Å². The second-order valence-corrected chi connectivity index (χ2v) is 8.03. The molecule has 2 fully saturated rings. The number of rotatable bonds is 4. The third-order valence-corrected chi connectivity index (χ3v) is 6.05. The average molecular weight is 385 g/mol. The summed E-state index contributed by atoms with van der Waals surface area (Å²) < 4.78 is 32.5. The Hall–Kier alpha value is -1.54. The number of anilines is 1. The summed E-state index contributed by atoms with van der Waals surface area (Å²) in [6.45, 7) is 4.37. The van der Waals surface area contributed by atoms with Crippen molar-refractivity contribution in [2.75, 3.05) is 37.8 Å². The van der Waals surface area contributed by atoms with Gasteiger partial charge in [0.1, 0.15) is 5.75 Å². The van der Waals surface area contributed by atoms with Gasteiger partial charge < -0.3 is 15.0 Å². The molecule has 2 saturated heterocycles. The van der Waals surface area contributed by atoms with Crippen molar-refractivity contribution in [3.05, 3.63) is 24.3 Å². The summed E-state index contributed by atoms with van der Waals surface area (Å²) in [6, 6.07) is 5.86. The molecule has 0 radical (unpaired) electrons. The van der Waals surface area contributed by atoms with Gasteiger partial charge in [-0.05, 0) is 55.2 Å². The third kappa shape index (κ3) is 4.79. The lowest BCUT2D eigenvalue weighted by Gasteiger charge is -2.38. The van der Waals surface area contributed by atoms with Crippen LogP contribution in [0.4, 0.5) is 19.3 Å². The van der Waals surface area contributed by atoms with E-state index in [2.05, 4.69) is 20.6 Å². The van der Waals surface area contributed by atoms with E-state index in [1.807, 2.05) is 4.90 Å². The van der Waals surface area contributed by atoms with Gasteiger partial charge in [0.2, 0.25) is 0 Å². The molecule has 0 atom stereocenters. The van der Waals surface area contributed by atoms with Crippen LogP contribution in [0.5, 0.6) is 5.75 Å². The average Bonchev–Trinajstić information content (AvgIpc) is 3.00. The maximum Gasteiger partial charge on any atom is 0.394 e. The molecular formula is C18H25F2N3O2S. The Bertz CT molecular complexity index is 628. The Morgan fingerprint density at radius 3 is 2.38 bits per heavy atom. The molecule has 2 aliphatic heterocycles. The van der Waals surface area contributed by atoms with E-state index in [0.29, 0.717) is 12.6 Å². The van der Waals surface area contributed by atoms with E-state index in [1.54, 1.807) is 24.1 Å². The van der Waals surface area contributed by atoms with Gasteiger partial charge in [0.25, 0.3) is 0 Å². The minimum Gasteiger partial charge on any atom is -0.433 e. The molecule has 1 aromatic rings. The first-order valence-electron chi connectivity index (χ1n) is 8.81. The summed E-state index contributed by atoms with van der Waals surface area (Å²) in [5.41, 5.74) is 0.813. The molecule has 8 heteroatoms. The SMILES string of the molecule is CSN1CCC2(CC1)CCN(C(=O)Nc1ccc(OC(C)(F)F)cc1)C2. The monoisotopic (exact) mass is 385 g/mol. The molecule has 144 valence electrons. The van der Waals surface area contributed by atoms with Crippen molar-refractivity contribution < 1.29 is 18.3 Å². The summed E-state index contributed by atoms with van der Waals surface area (Å²) in [6.07, 6.45) is 2.16. The van der Waals surface area contributed by atoms with E-state index < -0.39 is 6.11 Å². The van der Waals surface area contributed by atoms with Crippen molar-refractivity contribution in [3.8, 4) is 5.75 Å². The Morgan fingerprint density at radius 1 is 1.19 bits per heavy atom. The maximum absolute atomic E-state index is 12.8. The van der Waals surface area contributed by atoms with Crippen LogP contribution in [0.2, 0.25) is 0 Å². The molecule has 2 heterocycles. The molecule has 2 amide bonds. The van der Waals surface area contributed by atoms with Crippen molar-refractivity contribution in [1.82, 2.24) is 9.21 Å². The van der Waals surface area contributed by atoms with Gasteiger partial charge in [-0.2, -0.15) is 8.78 Å². The number of ether oxygens (including phenoxy) is 1. The summed E-state index contributed by atoms with van der Waals surface area (Å²) in [4.78, 5) is 14.4. The fourth-order valence-electron chi connectivity index (χ4n) is 3.68. The first kappa shape index (κ1) is 19.2. The second kappa shape index (κ2) is 7.60. The molecule has 0 unspecified atom stereocenters. The molecule has 0 saturated carbocycles. The number of carbonyl (C=O) groups excluding carboxylic acids is 1. The van der Waals surface area contributed by atoms with E-state index in [9.17, 15) is 13.6 Å². The topological polar surface area (TPSA) is 44.8 Å². The molecular weight excluding hydrogens is 360 g/mol. The number of nitrogens with one attached hydrogen (secondary N) is 1. The summed E-state index contributed by atoms with van der Waals surface area (Å²) in [5, 5.41) is 2.85. The maximum atomic E-state index is 12.8. The van der Waals surface area contributed by atoms with E-state index >= 15 is 0 Å². The minimum absolute atomic E-state index is 0.0659. The number of amides is 2. The van der Waals surface area contributed by atoms with Crippen LogP contribution in [0.3, 0.4) is 0 Å². The van der Waals surface area contributed by atoms with Gasteiger partial charge in [-0.15, -0.1) is 0 Å². The first-order chi connectivity index (χ1) is 12.3. The van der Waals surface area contributed by atoms with Crippen LogP contribution in [0.1, 0.15) is 26.2 Å². The van der Waals surface area contributed by atoms with Gasteiger partial charge in [0.05, 0.1) is 0 Å². The highest BCUT2D eigenvalue weighted by Crippen LogP contribution is 2.41. The van der Waals surface area contributed by atoms with Gasteiger partial charge in [0, 0.05) is 38.8 Å². The van der Waals surface area contributed by atoms with Gasteiger partial charge in [-0.25, -0.2) is 4.79 Å². The molecule has 0 aromatic heterocycles. The molecule has 1 spiro atoms. The number of hydrogen-bond acceptors (Lipinski definition) is 4. The molecule has 3 rings (SSSR count). The van der Waals surface area contributed by atoms with Crippen molar-refractivity contribution >= 4 is 23.7 Å². The molecule has 0 bridgehead atoms. The molecule has 26 heavy (non-hydrogen) atoms. The summed E-state index contributed by atoms with van der Waals surface area (Å²) in [5.74, 6) is 0.0659. The fourth-order valence-corrected chi connectivity index (χ4v) is 4.22. The van der Waals surface area contributed by atoms with Crippen molar-refractivity contribution in [2.24, 2.45) is 5.41 Å². The lowest BCUT2D eigenvalue weighted by Crippen LogP contribution is -2.40. The second-order valence-electron chi connectivity index (χ2n) is 7.15. The summed E-state index contributed by atoms with van der Waals surface area (Å²) in [7, 11) is 0. The highest BCUT2D eigenvalue weighted by atomic mass is 32.2. The Morgan fingerprint density at radius 2 is 1.81 bits per heavy atom. The minimum atomic E-state index is -3.22. The van der Waals surface area contributed by atoms with Crippen LogP contribution in [0.15, 0.2) is 24.3 Å². The highest BCUT2D eigenvalue weighted by molar-refractivity contribution is 7.96. The standard InChI is InChI=1S/C18H25F2N3O2S/c1-17(19,20)25-15-5-3-14(4-6-15)21-16(24)22-10-7-18(13-22)8-11-23(26-2)12-9-18/h3-6H,7-13H2,1-2H3,(H,21,24). The largest absolute Gasteiger partial charge is 0.433 e. The number of carbonyl (C=O) groups is 1. The van der Waals surface area contributed by atoms with E-state index in [1.165, 1.54) is 12.1 Å². The lowest BCUT2D eigenvalue weighted by molar-refractivity contribution is -0.158. The number of benzene rings is 1. The van der Waals surface area contributed by atoms with Crippen LogP contribution >= 0.6 is 11.9 Å². The van der Waals surface area contributed by atoms with E-state index in [-0.39, 0.29) is 17.2 Å². The van der Waals surface area contributed by atoms with Crippen molar-refractivity contribution in [3.63, 3.8) is 0 Å². The van der Waals surface area contributed by atoms with Crippen LogP contribution in [-0.4, -0.2) is 53.8 Å². The summed E-state index contributed by atoms with van der Waals surface area (Å²) >= 11 is 1.78. The number of halogens is 2. The van der Waals surface area contributed by atoms with Crippen LogP contribution in [-0.2, 0) is 0 Å². The normalized spacial score (nSPS) is 20.4. The number of nitrogens with zero attached hydrogens (tertiary/aromatic N) is 2. The number of likely N-dealkylation sites (tertiary alicyclic amines) is 1. The quantitative estimate of drug-likeness (QED) is 0.786. The van der Waals surface area contributed by atoms with E-state index in [4.69, 9.17) is 0 Å². The van der Waals surface area contributed by atoms with Crippen molar-refractivity contribution in [1.29, 1.82) is 0 Å². The van der Waals surface area contributed by atoms with Crippen LogP contribution < -0.4 is 10.1 Å². The molecule has 0 aliphatic carbocycles. The Balaban J connectivity index is 1.53. The van der Waals surface area contributed by atoms with E-state index in [0.717, 1.165) is 45.4 Å². The van der Waals surface area contributed by atoms with Gasteiger partial charge in [-0.1, -0.05) is 11.9 Å². The molecule has 2 aliphatic rings. The third-order valence-electron chi connectivity index (χ3n) is 5.17. The molecule has 1 aromatic carbocycles. The number of hydrogen-bond donors (Lipinski definition) is 1. The lowest BCUT2D eigenvalue weighted by atomic mass is 9.78. The van der Waals surface area contributed by atoms with Crippen LogP contribution in [0, 0.1) is 5.41 Å². The first-order valence-corrected chi connectivity index (χ1v) is 9.99. The predicted molar refractivity (Wildman–Crippen MR) is 99.7 cm³/mol. The number of piperidine rings is 1. The highest BCUT2D eigenvalue weighted by Gasteiger charge is 2.42. The van der Waals surface area contributed by atoms with Gasteiger partial charge in [-0.3, -0.25) is 4.31 Å². The Labute approximate surface area is 157 Å². The zero-order valence-corrected chi connectivity index (χ0v) is 16.0. The smallest absolute Gasteiger partial charge is 0.394 e. The number of alkyl halides is 2. The zero-order chi connectivity index (χ0) is 18.8. The van der Waals surface area contributed by atoms with Gasteiger partial charge in [0.15, 0.2) is 0 Å². The predicted octanol–water partition coefficient (Wildman–Crippen LogP) is 4.28.